The van der Waals surface area contributed by atoms with Gasteiger partial charge in [-0.15, -0.1) is 0 Å². The number of nitrogens with two attached hydrogens (primary N) is 1. The van der Waals surface area contributed by atoms with Crippen LogP contribution in [0.5, 0.6) is 0 Å². The summed E-state index contributed by atoms with van der Waals surface area (Å²) in [7, 11) is 0. The number of nitrogens with one attached hydrogen (secondary N) is 2. The van der Waals surface area contributed by atoms with E-state index in [2.05, 4.69) is 15.5 Å². The molecule has 0 aliphatic carbocycles. The zero-order valence-electron chi connectivity index (χ0n) is 12.1. The summed E-state index contributed by atoms with van der Waals surface area (Å²) < 4.78 is 0. The van der Waals surface area contributed by atoms with E-state index in [-0.39, 0.29) is 18.4 Å². The number of likely N-dealkylation sites (tertiary alicyclic amines) is 1. The fourth-order valence-electron chi connectivity index (χ4n) is 2.35. The van der Waals surface area contributed by atoms with Gasteiger partial charge in [-0.05, 0) is 50.2 Å². The van der Waals surface area contributed by atoms with Gasteiger partial charge in [0.1, 0.15) is 0 Å². The Morgan fingerprint density at radius 2 is 1.81 bits per heavy atom. The van der Waals surface area contributed by atoms with Crippen molar-refractivity contribution in [3.05, 3.63) is 29.8 Å². The van der Waals surface area contributed by atoms with Gasteiger partial charge in [0.2, 0.25) is 5.91 Å². The topological polar surface area (TPSA) is 87.5 Å². The molecule has 1 aromatic carbocycles. The monoisotopic (exact) mass is 290 g/mol. The predicted molar refractivity (Wildman–Crippen MR) is 82.1 cm³/mol. The van der Waals surface area contributed by atoms with Crippen molar-refractivity contribution in [2.75, 3.05) is 38.0 Å². The maximum absolute atomic E-state index is 12.0. The van der Waals surface area contributed by atoms with Gasteiger partial charge in [-0.1, -0.05) is 0 Å². The largest absolute Gasteiger partial charge is 0.351 e. The molecule has 0 atom stereocenters. The molecule has 6 heteroatoms. The minimum absolute atomic E-state index is 0.0568. The van der Waals surface area contributed by atoms with Crippen LogP contribution in [-0.2, 0) is 4.79 Å². The van der Waals surface area contributed by atoms with E-state index in [9.17, 15) is 9.59 Å². The van der Waals surface area contributed by atoms with Gasteiger partial charge in [-0.2, -0.15) is 0 Å². The van der Waals surface area contributed by atoms with Crippen molar-refractivity contribution in [3.8, 4) is 0 Å². The molecule has 1 aliphatic heterocycles. The summed E-state index contributed by atoms with van der Waals surface area (Å²) in [5.41, 5.74) is 6.45. The number of carbonyl (C=O) groups excluding carboxylic acids is 2. The van der Waals surface area contributed by atoms with Gasteiger partial charge in [0, 0.05) is 24.3 Å². The Kier molecular flexibility index (Phi) is 5.71. The Bertz CT molecular complexity index is 481. The summed E-state index contributed by atoms with van der Waals surface area (Å²) in [5.74, 6) is -0.344. The third-order valence-electron chi connectivity index (χ3n) is 3.53. The van der Waals surface area contributed by atoms with E-state index >= 15 is 0 Å². The molecule has 1 saturated heterocycles. The first kappa shape index (κ1) is 15.5. The summed E-state index contributed by atoms with van der Waals surface area (Å²) in [6.07, 6.45) is 2.51. The molecule has 114 valence electrons. The Morgan fingerprint density at radius 3 is 2.43 bits per heavy atom. The maximum Gasteiger partial charge on any atom is 0.251 e. The summed E-state index contributed by atoms with van der Waals surface area (Å²) >= 11 is 0. The number of nitrogens with zero attached hydrogens (tertiary/aromatic N) is 1. The number of hydrogen-bond acceptors (Lipinski definition) is 4. The number of rotatable bonds is 6. The minimum Gasteiger partial charge on any atom is -0.351 e. The highest BCUT2D eigenvalue weighted by atomic mass is 16.2. The highest BCUT2D eigenvalue weighted by Crippen LogP contribution is 2.09. The summed E-state index contributed by atoms with van der Waals surface area (Å²) in [6, 6.07) is 6.78. The van der Waals surface area contributed by atoms with E-state index in [1.807, 2.05) is 0 Å². The molecule has 0 saturated carbocycles. The van der Waals surface area contributed by atoms with Crippen molar-refractivity contribution < 1.29 is 9.59 Å². The third kappa shape index (κ3) is 4.84. The van der Waals surface area contributed by atoms with E-state index in [1.54, 1.807) is 24.3 Å². The second-order valence-electron chi connectivity index (χ2n) is 5.13. The SMILES string of the molecule is NCC(=O)Nc1ccc(C(=O)NCCN2CCCC2)cc1. The van der Waals surface area contributed by atoms with E-state index < -0.39 is 0 Å². The predicted octanol–water partition coefficient (Wildman–Crippen LogP) is 0.409. The zero-order chi connectivity index (χ0) is 15.1. The molecule has 2 rings (SSSR count). The number of hydrogen-bond donors (Lipinski definition) is 3. The number of anilines is 1. The molecule has 0 unspecified atom stereocenters. The highest BCUT2D eigenvalue weighted by molar-refractivity contribution is 5.96. The first-order valence-electron chi connectivity index (χ1n) is 7.29. The lowest BCUT2D eigenvalue weighted by Crippen LogP contribution is -2.33. The third-order valence-corrected chi connectivity index (χ3v) is 3.53. The van der Waals surface area contributed by atoms with E-state index in [1.165, 1.54) is 12.8 Å². The van der Waals surface area contributed by atoms with E-state index in [0.29, 0.717) is 17.8 Å². The van der Waals surface area contributed by atoms with E-state index in [4.69, 9.17) is 5.73 Å². The van der Waals surface area contributed by atoms with Crippen LogP contribution in [0.25, 0.3) is 0 Å². The number of amides is 2. The average molecular weight is 290 g/mol. The second-order valence-corrected chi connectivity index (χ2v) is 5.13. The molecule has 1 aliphatic rings. The Morgan fingerprint density at radius 1 is 1.14 bits per heavy atom. The molecule has 0 bridgehead atoms. The molecule has 1 heterocycles. The van der Waals surface area contributed by atoms with Crippen LogP contribution < -0.4 is 16.4 Å². The van der Waals surface area contributed by atoms with Crippen LogP contribution in [0.1, 0.15) is 23.2 Å². The normalized spacial score (nSPS) is 14.9. The van der Waals surface area contributed by atoms with Crippen LogP contribution in [0.3, 0.4) is 0 Å². The van der Waals surface area contributed by atoms with Crippen molar-refractivity contribution in [1.82, 2.24) is 10.2 Å². The fraction of sp³-hybridized carbons (Fsp3) is 0.467. The fourth-order valence-corrected chi connectivity index (χ4v) is 2.35. The number of benzene rings is 1. The van der Waals surface area contributed by atoms with Crippen molar-refractivity contribution in [2.24, 2.45) is 5.73 Å². The smallest absolute Gasteiger partial charge is 0.251 e. The van der Waals surface area contributed by atoms with Gasteiger partial charge in [-0.25, -0.2) is 0 Å². The van der Waals surface area contributed by atoms with Crippen LogP contribution >= 0.6 is 0 Å². The lowest BCUT2D eigenvalue weighted by molar-refractivity contribution is -0.114. The van der Waals surface area contributed by atoms with Crippen LogP contribution in [0.15, 0.2) is 24.3 Å². The van der Waals surface area contributed by atoms with Crippen molar-refractivity contribution in [2.45, 2.75) is 12.8 Å². The lowest BCUT2D eigenvalue weighted by Gasteiger charge is -2.14. The minimum atomic E-state index is -0.252. The molecule has 2 amide bonds. The van der Waals surface area contributed by atoms with Gasteiger partial charge < -0.3 is 21.3 Å². The van der Waals surface area contributed by atoms with Crippen molar-refractivity contribution in [3.63, 3.8) is 0 Å². The van der Waals surface area contributed by atoms with Gasteiger partial charge in [-0.3, -0.25) is 9.59 Å². The maximum atomic E-state index is 12.0. The Labute approximate surface area is 124 Å². The standard InChI is InChI=1S/C15H22N4O2/c16-11-14(20)18-13-5-3-12(4-6-13)15(21)17-7-10-19-8-1-2-9-19/h3-6H,1-2,7-11,16H2,(H,17,21)(H,18,20). The van der Waals surface area contributed by atoms with Crippen LogP contribution in [0.4, 0.5) is 5.69 Å². The summed E-state index contributed by atoms with van der Waals surface area (Å²) in [6.45, 7) is 3.76. The Hall–Kier alpha value is -1.92. The summed E-state index contributed by atoms with van der Waals surface area (Å²) in [4.78, 5) is 25.5. The lowest BCUT2D eigenvalue weighted by atomic mass is 10.2. The second kappa shape index (κ2) is 7.75. The quantitative estimate of drug-likeness (QED) is 0.708. The Balaban J connectivity index is 1.77. The van der Waals surface area contributed by atoms with Crippen LogP contribution in [0.2, 0.25) is 0 Å². The molecule has 0 radical (unpaired) electrons. The van der Waals surface area contributed by atoms with Gasteiger partial charge in [0.05, 0.1) is 6.54 Å². The molecule has 6 nitrogen and oxygen atoms in total. The van der Waals surface area contributed by atoms with Crippen molar-refractivity contribution in [1.29, 1.82) is 0 Å². The first-order chi connectivity index (χ1) is 10.2. The molecule has 4 N–H and O–H groups in total. The molecular weight excluding hydrogens is 268 g/mol. The molecule has 0 spiro atoms. The van der Waals surface area contributed by atoms with E-state index in [0.717, 1.165) is 19.6 Å². The summed E-state index contributed by atoms with van der Waals surface area (Å²) in [5, 5.41) is 5.54. The van der Waals surface area contributed by atoms with Gasteiger partial charge >= 0.3 is 0 Å². The highest BCUT2D eigenvalue weighted by Gasteiger charge is 2.11. The van der Waals surface area contributed by atoms with Gasteiger partial charge in [0.25, 0.3) is 5.91 Å². The van der Waals surface area contributed by atoms with Crippen LogP contribution in [0, 0.1) is 0 Å². The number of carbonyl (C=O) groups is 2. The molecule has 1 fully saturated rings. The van der Waals surface area contributed by atoms with Crippen molar-refractivity contribution >= 4 is 17.5 Å². The molecular formula is C15H22N4O2. The molecule has 0 aromatic heterocycles. The first-order valence-corrected chi connectivity index (χ1v) is 7.29. The zero-order valence-corrected chi connectivity index (χ0v) is 12.1. The molecule has 21 heavy (non-hydrogen) atoms. The van der Waals surface area contributed by atoms with Gasteiger partial charge in [0.15, 0.2) is 0 Å². The average Bonchev–Trinajstić information content (AvgIpc) is 3.01. The molecule has 1 aromatic rings. The van der Waals surface area contributed by atoms with Crippen LogP contribution in [-0.4, -0.2) is 49.4 Å².